The Labute approximate surface area is 155 Å². The van der Waals surface area contributed by atoms with Gasteiger partial charge >= 0.3 is 0 Å². The Kier molecular flexibility index (Phi) is 4.51. The molecular formula is C20H21FN4O2. The number of aromatic amines is 2. The van der Waals surface area contributed by atoms with Gasteiger partial charge in [0, 0.05) is 23.4 Å². The average molecular weight is 368 g/mol. The third-order valence-corrected chi connectivity index (χ3v) is 5.32. The van der Waals surface area contributed by atoms with E-state index in [1.54, 1.807) is 12.1 Å². The summed E-state index contributed by atoms with van der Waals surface area (Å²) >= 11 is 0. The normalized spacial score (nSPS) is 19.9. The summed E-state index contributed by atoms with van der Waals surface area (Å²) in [5, 5.41) is 3.47. The van der Waals surface area contributed by atoms with E-state index in [0.717, 1.165) is 36.9 Å². The van der Waals surface area contributed by atoms with Crippen LogP contribution in [-0.2, 0) is 0 Å². The molecule has 2 heterocycles. The fourth-order valence-electron chi connectivity index (χ4n) is 3.91. The molecule has 1 amide bonds. The highest BCUT2D eigenvalue weighted by molar-refractivity contribution is 5.99. The molecule has 1 aliphatic carbocycles. The van der Waals surface area contributed by atoms with E-state index >= 15 is 0 Å². The van der Waals surface area contributed by atoms with Gasteiger partial charge in [-0.15, -0.1) is 0 Å². The van der Waals surface area contributed by atoms with Gasteiger partial charge < -0.3 is 15.3 Å². The molecule has 0 saturated heterocycles. The lowest BCUT2D eigenvalue weighted by atomic mass is 9.83. The summed E-state index contributed by atoms with van der Waals surface area (Å²) in [7, 11) is 0. The van der Waals surface area contributed by atoms with Crippen LogP contribution in [0.5, 0.6) is 0 Å². The van der Waals surface area contributed by atoms with Crippen molar-refractivity contribution in [1.82, 2.24) is 20.3 Å². The first-order valence-electron chi connectivity index (χ1n) is 9.14. The predicted molar refractivity (Wildman–Crippen MR) is 100 cm³/mol. The summed E-state index contributed by atoms with van der Waals surface area (Å²) in [6, 6.07) is 6.18. The Morgan fingerprint density at radius 3 is 2.93 bits per heavy atom. The molecule has 0 spiro atoms. The van der Waals surface area contributed by atoms with Crippen LogP contribution >= 0.6 is 0 Å². The number of hydrogen-bond donors (Lipinski definition) is 3. The molecule has 0 unspecified atom stereocenters. The number of nitrogens with one attached hydrogen (secondary N) is 3. The van der Waals surface area contributed by atoms with Gasteiger partial charge in [-0.3, -0.25) is 9.59 Å². The number of aryl methyl sites for hydroxylation is 1. The molecule has 4 rings (SSSR count). The fourth-order valence-corrected chi connectivity index (χ4v) is 3.91. The smallest absolute Gasteiger partial charge is 0.267 e. The number of hydrogen-bond acceptors (Lipinski definition) is 3. The van der Waals surface area contributed by atoms with Gasteiger partial charge in [-0.1, -0.05) is 12.5 Å². The fraction of sp³-hybridized carbons (Fsp3) is 0.350. The van der Waals surface area contributed by atoms with Gasteiger partial charge in [-0.25, -0.2) is 9.37 Å². The molecule has 27 heavy (non-hydrogen) atoms. The molecular weight excluding hydrogens is 347 g/mol. The van der Waals surface area contributed by atoms with Gasteiger partial charge in [0.25, 0.3) is 11.5 Å². The second-order valence-electron chi connectivity index (χ2n) is 7.21. The summed E-state index contributed by atoms with van der Waals surface area (Å²) in [5.74, 6) is -0.438. The lowest BCUT2D eigenvalue weighted by Gasteiger charge is -2.29. The van der Waals surface area contributed by atoms with E-state index in [1.807, 2.05) is 6.92 Å². The molecule has 1 saturated carbocycles. The van der Waals surface area contributed by atoms with Crippen molar-refractivity contribution in [3.63, 3.8) is 0 Å². The van der Waals surface area contributed by atoms with Crippen molar-refractivity contribution in [1.29, 1.82) is 0 Å². The van der Waals surface area contributed by atoms with Crippen LogP contribution in [0.1, 0.15) is 53.3 Å². The summed E-state index contributed by atoms with van der Waals surface area (Å²) in [6.45, 7) is 1.88. The van der Waals surface area contributed by atoms with E-state index in [4.69, 9.17) is 0 Å². The largest absolute Gasteiger partial charge is 0.350 e. The number of carbonyl (C=O) groups is 1. The molecule has 2 aromatic heterocycles. The lowest BCUT2D eigenvalue weighted by Crippen LogP contribution is -2.38. The molecule has 140 valence electrons. The first-order valence-corrected chi connectivity index (χ1v) is 9.14. The van der Waals surface area contributed by atoms with Crippen molar-refractivity contribution in [3.8, 4) is 0 Å². The molecule has 1 aliphatic rings. The minimum Gasteiger partial charge on any atom is -0.350 e. The minimum absolute atomic E-state index is 0.00491. The lowest BCUT2D eigenvalue weighted by molar-refractivity contribution is 0.0920. The molecule has 1 aromatic carbocycles. The Morgan fingerprint density at radius 1 is 1.30 bits per heavy atom. The highest BCUT2D eigenvalue weighted by atomic mass is 19.1. The standard InChI is InChI=1S/C20H21FN4O2/c1-11-5-6-15(21)14-8-17(25-19(11)14)20(27)24-13-4-2-3-12(7-13)16-9-18(26)23-10-22-16/h5-6,8-10,12-13,25H,2-4,7H2,1H3,(H,24,27)(H,22,23,26)/t12-,13+/m0/s1. The van der Waals surface area contributed by atoms with Crippen LogP contribution in [0.15, 0.2) is 35.4 Å². The number of nitrogens with zero attached hydrogens (tertiary/aromatic N) is 1. The summed E-state index contributed by atoms with van der Waals surface area (Å²) in [5.41, 5.74) is 2.50. The topological polar surface area (TPSA) is 90.6 Å². The van der Waals surface area contributed by atoms with Gasteiger partial charge in [0.05, 0.1) is 17.5 Å². The molecule has 0 radical (unpaired) electrons. The first kappa shape index (κ1) is 17.5. The van der Waals surface area contributed by atoms with E-state index in [-0.39, 0.29) is 29.2 Å². The highest BCUT2D eigenvalue weighted by Gasteiger charge is 2.26. The van der Waals surface area contributed by atoms with Crippen LogP contribution in [0.25, 0.3) is 10.9 Å². The average Bonchev–Trinajstić information content (AvgIpc) is 3.12. The SMILES string of the molecule is Cc1ccc(F)c2cc(C(=O)N[C@@H]3CCC[C@H](c4cc(=O)[nH]cn4)C3)[nH]c12. The number of aromatic nitrogens is 3. The van der Waals surface area contributed by atoms with Crippen LogP contribution < -0.4 is 10.9 Å². The zero-order valence-electron chi connectivity index (χ0n) is 15.0. The Hall–Kier alpha value is -2.96. The number of amides is 1. The number of benzene rings is 1. The van der Waals surface area contributed by atoms with E-state index in [2.05, 4.69) is 20.3 Å². The molecule has 0 aliphatic heterocycles. The highest BCUT2D eigenvalue weighted by Crippen LogP contribution is 2.31. The van der Waals surface area contributed by atoms with Gasteiger partial charge in [0.15, 0.2) is 0 Å². The number of fused-ring (bicyclic) bond motifs is 1. The monoisotopic (exact) mass is 368 g/mol. The van der Waals surface area contributed by atoms with Gasteiger partial charge in [0.2, 0.25) is 0 Å². The van der Waals surface area contributed by atoms with E-state index in [1.165, 1.54) is 18.5 Å². The molecule has 2 atom stereocenters. The minimum atomic E-state index is -0.344. The van der Waals surface area contributed by atoms with E-state index < -0.39 is 0 Å². The second-order valence-corrected chi connectivity index (χ2v) is 7.21. The maximum atomic E-state index is 14.0. The Morgan fingerprint density at radius 2 is 2.15 bits per heavy atom. The molecule has 3 aromatic rings. The molecule has 0 bridgehead atoms. The third-order valence-electron chi connectivity index (χ3n) is 5.32. The summed E-state index contributed by atoms with van der Waals surface area (Å²) in [6.07, 6.45) is 4.92. The zero-order valence-corrected chi connectivity index (χ0v) is 15.0. The first-order chi connectivity index (χ1) is 13.0. The Balaban J connectivity index is 1.50. The number of halogens is 1. The number of H-pyrrole nitrogens is 2. The zero-order chi connectivity index (χ0) is 19.0. The van der Waals surface area contributed by atoms with E-state index in [9.17, 15) is 14.0 Å². The summed E-state index contributed by atoms with van der Waals surface area (Å²) in [4.78, 5) is 34.0. The van der Waals surface area contributed by atoms with Crippen LogP contribution in [0, 0.1) is 12.7 Å². The van der Waals surface area contributed by atoms with Gasteiger partial charge in [-0.05, 0) is 43.9 Å². The van der Waals surface area contributed by atoms with E-state index in [0.29, 0.717) is 16.6 Å². The van der Waals surface area contributed by atoms with Crippen molar-refractivity contribution in [2.45, 2.75) is 44.6 Å². The van der Waals surface area contributed by atoms with Gasteiger partial charge in [0.1, 0.15) is 11.5 Å². The Bertz CT molecular complexity index is 1020. The van der Waals surface area contributed by atoms with Gasteiger partial charge in [-0.2, -0.15) is 0 Å². The van der Waals surface area contributed by atoms with Crippen molar-refractivity contribution >= 4 is 16.8 Å². The molecule has 7 heteroatoms. The van der Waals surface area contributed by atoms with Crippen molar-refractivity contribution in [2.75, 3.05) is 0 Å². The summed E-state index contributed by atoms with van der Waals surface area (Å²) < 4.78 is 14.0. The maximum absolute atomic E-state index is 14.0. The van der Waals surface area contributed by atoms with Crippen molar-refractivity contribution in [3.05, 3.63) is 63.7 Å². The van der Waals surface area contributed by atoms with Crippen LogP contribution in [0.2, 0.25) is 0 Å². The van der Waals surface area contributed by atoms with Crippen molar-refractivity contribution in [2.24, 2.45) is 0 Å². The quantitative estimate of drug-likeness (QED) is 0.663. The molecule has 3 N–H and O–H groups in total. The maximum Gasteiger partial charge on any atom is 0.267 e. The number of rotatable bonds is 3. The third kappa shape index (κ3) is 3.49. The predicted octanol–water partition coefficient (Wildman–Crippen LogP) is 3.15. The molecule has 6 nitrogen and oxygen atoms in total. The second kappa shape index (κ2) is 6.98. The van der Waals surface area contributed by atoms with Crippen LogP contribution in [-0.4, -0.2) is 26.9 Å². The van der Waals surface area contributed by atoms with Crippen LogP contribution in [0.3, 0.4) is 0 Å². The number of carbonyl (C=O) groups excluding carboxylic acids is 1. The van der Waals surface area contributed by atoms with Crippen LogP contribution in [0.4, 0.5) is 4.39 Å². The molecule has 1 fully saturated rings. The van der Waals surface area contributed by atoms with Crippen molar-refractivity contribution < 1.29 is 9.18 Å².